The second-order valence-corrected chi connectivity index (χ2v) is 7.55. The molecule has 24 heavy (non-hydrogen) atoms. The van der Waals surface area contributed by atoms with E-state index in [9.17, 15) is 9.18 Å². The molecular formula is C17H21FN4OS. The molecule has 2 aliphatic rings. The first-order valence-corrected chi connectivity index (χ1v) is 9.41. The Morgan fingerprint density at radius 2 is 2.17 bits per heavy atom. The fraction of sp³-hybridized carbons (Fsp3) is 0.588. The van der Waals surface area contributed by atoms with Crippen molar-refractivity contribution in [2.24, 2.45) is 0 Å². The van der Waals surface area contributed by atoms with Crippen molar-refractivity contribution < 1.29 is 9.18 Å². The lowest BCUT2D eigenvalue weighted by Crippen LogP contribution is -2.47. The zero-order valence-electron chi connectivity index (χ0n) is 13.6. The summed E-state index contributed by atoms with van der Waals surface area (Å²) in [6.07, 6.45) is 5.87. The smallest absolute Gasteiger partial charge is 0.223 e. The second kappa shape index (κ2) is 6.27. The molecule has 0 aliphatic carbocycles. The number of rotatable bonds is 3. The Morgan fingerprint density at radius 1 is 1.25 bits per heavy atom. The number of nitrogens with zero attached hydrogens (tertiary/aromatic N) is 4. The number of likely N-dealkylation sites (tertiary alicyclic amines) is 1. The third kappa shape index (κ3) is 2.55. The topological polar surface area (TPSA) is 49.3 Å². The Balaban J connectivity index is 1.58. The zero-order valence-corrected chi connectivity index (χ0v) is 14.4. The molecule has 1 atom stereocenters. The van der Waals surface area contributed by atoms with E-state index < -0.39 is 6.67 Å². The first-order chi connectivity index (χ1) is 11.7. The number of carbonyl (C=O) groups is 1. The molecule has 2 aliphatic heterocycles. The van der Waals surface area contributed by atoms with Crippen molar-refractivity contribution in [1.29, 1.82) is 0 Å². The van der Waals surface area contributed by atoms with Gasteiger partial charge < -0.3 is 9.80 Å². The van der Waals surface area contributed by atoms with Gasteiger partial charge in [-0.05, 0) is 37.1 Å². The molecule has 1 amide bonds. The van der Waals surface area contributed by atoms with Gasteiger partial charge in [0.1, 0.15) is 18.8 Å². The van der Waals surface area contributed by atoms with Crippen LogP contribution in [0.2, 0.25) is 0 Å². The third-order valence-corrected chi connectivity index (χ3v) is 6.33. The summed E-state index contributed by atoms with van der Waals surface area (Å²) in [6, 6.07) is 2.02. The summed E-state index contributed by atoms with van der Waals surface area (Å²) < 4.78 is 14.0. The number of anilines is 1. The van der Waals surface area contributed by atoms with Gasteiger partial charge >= 0.3 is 0 Å². The zero-order chi connectivity index (χ0) is 16.6. The molecule has 4 heterocycles. The Kier molecular flexibility index (Phi) is 4.12. The lowest BCUT2D eigenvalue weighted by molar-refractivity contribution is -0.131. The van der Waals surface area contributed by atoms with Gasteiger partial charge in [-0.3, -0.25) is 4.79 Å². The quantitative estimate of drug-likeness (QED) is 0.856. The fourth-order valence-electron chi connectivity index (χ4n) is 4.23. The van der Waals surface area contributed by atoms with Crippen LogP contribution < -0.4 is 4.90 Å². The van der Waals surface area contributed by atoms with Gasteiger partial charge in [0.15, 0.2) is 0 Å². The highest BCUT2D eigenvalue weighted by molar-refractivity contribution is 7.17. The lowest BCUT2D eigenvalue weighted by Gasteiger charge is -2.37. The molecule has 7 heteroatoms. The number of carbonyl (C=O) groups excluding carboxylic acids is 1. The normalized spacial score (nSPS) is 25.0. The van der Waals surface area contributed by atoms with Gasteiger partial charge in [-0.1, -0.05) is 0 Å². The van der Waals surface area contributed by atoms with E-state index in [1.807, 2.05) is 16.3 Å². The maximum absolute atomic E-state index is 12.9. The molecule has 2 aromatic heterocycles. The van der Waals surface area contributed by atoms with Crippen LogP contribution in [0.15, 0.2) is 17.8 Å². The number of hydrogen-bond donors (Lipinski definition) is 0. The van der Waals surface area contributed by atoms with E-state index in [4.69, 9.17) is 0 Å². The Hall–Kier alpha value is -1.76. The number of amides is 1. The summed E-state index contributed by atoms with van der Waals surface area (Å²) in [4.78, 5) is 25.1. The van der Waals surface area contributed by atoms with Crippen molar-refractivity contribution in [3.8, 4) is 0 Å². The molecule has 0 N–H and O–H groups in total. The third-order valence-electron chi connectivity index (χ3n) is 5.43. The SMILES string of the molecule is O=C1CC[C@@]2(CCCN(c3ncnc4ccsc34)CC2)N1CCF. The van der Waals surface area contributed by atoms with Crippen molar-refractivity contribution in [1.82, 2.24) is 14.9 Å². The molecule has 2 saturated heterocycles. The van der Waals surface area contributed by atoms with Crippen LogP contribution in [-0.2, 0) is 4.79 Å². The number of aromatic nitrogens is 2. The number of alkyl halides is 1. The summed E-state index contributed by atoms with van der Waals surface area (Å²) in [6.45, 7) is 1.55. The van der Waals surface area contributed by atoms with E-state index in [1.54, 1.807) is 17.7 Å². The molecule has 128 valence electrons. The minimum atomic E-state index is -0.459. The second-order valence-electron chi connectivity index (χ2n) is 6.63. The van der Waals surface area contributed by atoms with Gasteiger partial charge in [0.05, 0.1) is 10.2 Å². The minimum absolute atomic E-state index is 0.115. The summed E-state index contributed by atoms with van der Waals surface area (Å²) >= 11 is 1.67. The number of fused-ring (bicyclic) bond motifs is 1. The number of thiophene rings is 1. The predicted molar refractivity (Wildman–Crippen MR) is 93.1 cm³/mol. The van der Waals surface area contributed by atoms with E-state index in [0.29, 0.717) is 6.42 Å². The molecular weight excluding hydrogens is 327 g/mol. The van der Waals surface area contributed by atoms with E-state index in [2.05, 4.69) is 14.9 Å². The van der Waals surface area contributed by atoms with Crippen molar-refractivity contribution in [2.75, 3.05) is 31.2 Å². The first kappa shape index (κ1) is 15.7. The molecule has 0 bridgehead atoms. The summed E-state index contributed by atoms with van der Waals surface area (Å²) in [5, 5.41) is 2.04. The maximum atomic E-state index is 12.9. The van der Waals surface area contributed by atoms with Crippen molar-refractivity contribution in [3.63, 3.8) is 0 Å². The van der Waals surface area contributed by atoms with E-state index in [0.717, 1.165) is 54.8 Å². The molecule has 2 fully saturated rings. The van der Waals surface area contributed by atoms with Crippen molar-refractivity contribution in [3.05, 3.63) is 17.8 Å². The van der Waals surface area contributed by atoms with Gasteiger partial charge in [-0.25, -0.2) is 14.4 Å². The molecule has 2 aromatic rings. The molecule has 0 saturated carbocycles. The van der Waals surface area contributed by atoms with Crippen molar-refractivity contribution in [2.45, 2.75) is 37.6 Å². The number of halogens is 1. The molecule has 0 radical (unpaired) electrons. The maximum Gasteiger partial charge on any atom is 0.223 e. The van der Waals surface area contributed by atoms with Crippen LogP contribution in [0, 0.1) is 0 Å². The van der Waals surface area contributed by atoms with Crippen LogP contribution in [0.25, 0.3) is 10.2 Å². The number of hydrogen-bond acceptors (Lipinski definition) is 5. The van der Waals surface area contributed by atoms with E-state index in [-0.39, 0.29) is 18.0 Å². The van der Waals surface area contributed by atoms with Gasteiger partial charge in [-0.2, -0.15) is 0 Å². The Bertz CT molecular complexity index is 751. The Morgan fingerprint density at radius 3 is 3.04 bits per heavy atom. The van der Waals surface area contributed by atoms with Crippen LogP contribution in [0.3, 0.4) is 0 Å². The van der Waals surface area contributed by atoms with Gasteiger partial charge in [0.2, 0.25) is 5.91 Å². The average molecular weight is 348 g/mol. The van der Waals surface area contributed by atoms with E-state index >= 15 is 0 Å². The van der Waals surface area contributed by atoms with Crippen molar-refractivity contribution >= 4 is 33.3 Å². The van der Waals surface area contributed by atoms with Crippen LogP contribution in [0.1, 0.15) is 32.1 Å². The highest BCUT2D eigenvalue weighted by Gasteiger charge is 2.45. The van der Waals surface area contributed by atoms with Gasteiger partial charge in [0, 0.05) is 31.6 Å². The fourth-order valence-corrected chi connectivity index (χ4v) is 5.09. The molecule has 1 spiro atoms. The standard InChI is InChI=1S/C17H21FN4OS/c18-7-10-22-14(23)2-5-17(22)4-1-8-21(9-6-17)16-15-13(3-11-24-15)19-12-20-16/h3,11-12H,1-2,4-10H2/t17-/m1/s1. The van der Waals surface area contributed by atoms with Crippen LogP contribution in [0.4, 0.5) is 10.2 Å². The molecule has 5 nitrogen and oxygen atoms in total. The Labute approximate surface area is 144 Å². The highest BCUT2D eigenvalue weighted by Crippen LogP contribution is 2.40. The molecule has 4 rings (SSSR count). The molecule has 0 unspecified atom stereocenters. The molecule has 0 aromatic carbocycles. The van der Waals surface area contributed by atoms with Crippen LogP contribution in [-0.4, -0.2) is 52.6 Å². The largest absolute Gasteiger partial charge is 0.355 e. The summed E-state index contributed by atoms with van der Waals surface area (Å²) in [5.41, 5.74) is 0.832. The lowest BCUT2D eigenvalue weighted by atomic mass is 9.88. The summed E-state index contributed by atoms with van der Waals surface area (Å²) in [7, 11) is 0. The van der Waals surface area contributed by atoms with Crippen LogP contribution >= 0.6 is 11.3 Å². The average Bonchev–Trinajstić information content (AvgIpc) is 3.11. The minimum Gasteiger partial charge on any atom is -0.355 e. The highest BCUT2D eigenvalue weighted by atomic mass is 32.1. The van der Waals surface area contributed by atoms with E-state index in [1.165, 1.54) is 0 Å². The summed E-state index contributed by atoms with van der Waals surface area (Å²) in [5.74, 6) is 1.11. The van der Waals surface area contributed by atoms with Gasteiger partial charge in [0.25, 0.3) is 0 Å². The van der Waals surface area contributed by atoms with Gasteiger partial charge in [-0.15, -0.1) is 11.3 Å². The monoisotopic (exact) mass is 348 g/mol. The van der Waals surface area contributed by atoms with Crippen LogP contribution in [0.5, 0.6) is 0 Å². The predicted octanol–water partition coefficient (Wildman–Crippen LogP) is 3.01. The first-order valence-electron chi connectivity index (χ1n) is 8.53.